The summed E-state index contributed by atoms with van der Waals surface area (Å²) in [7, 11) is 1.83. The molecule has 0 fully saturated rings. The van der Waals surface area contributed by atoms with E-state index in [1.807, 2.05) is 32.2 Å². The lowest BCUT2D eigenvalue weighted by Crippen LogP contribution is -2.21. The topological polar surface area (TPSA) is 53.1 Å². The summed E-state index contributed by atoms with van der Waals surface area (Å²) in [5.74, 6) is 0.862. The highest BCUT2D eigenvalue weighted by Crippen LogP contribution is 2.24. The molecule has 0 aliphatic heterocycles. The summed E-state index contributed by atoms with van der Waals surface area (Å²) in [6.07, 6.45) is 1.76. The number of nitrogens with zero attached hydrogens (tertiary/aromatic N) is 2. The predicted molar refractivity (Wildman–Crippen MR) is 85.7 cm³/mol. The fourth-order valence-corrected chi connectivity index (χ4v) is 2.46. The second-order valence-electron chi connectivity index (χ2n) is 5.25. The van der Waals surface area contributed by atoms with Gasteiger partial charge in [0.2, 0.25) is 0 Å². The van der Waals surface area contributed by atoms with Gasteiger partial charge in [-0.2, -0.15) is 5.10 Å². The Hall–Kier alpha value is -1.52. The molecule has 1 aromatic heterocycles. The lowest BCUT2D eigenvalue weighted by atomic mass is 10.0. The first kappa shape index (κ1) is 15.9. The molecule has 0 spiro atoms. The average Bonchev–Trinajstić information content (AvgIpc) is 2.71. The van der Waals surface area contributed by atoms with Crippen LogP contribution in [-0.2, 0) is 20.1 Å². The summed E-state index contributed by atoms with van der Waals surface area (Å²) < 4.78 is 7.61. The SMILES string of the molecule is CCC(N)Cc1ccccc1OCc1c(C)nn(C)c1Cl. The first-order valence-corrected chi connectivity index (χ1v) is 7.55. The Morgan fingerprint density at radius 2 is 2.10 bits per heavy atom. The maximum absolute atomic E-state index is 6.23. The molecule has 5 heteroatoms. The van der Waals surface area contributed by atoms with Gasteiger partial charge in [0.1, 0.15) is 17.5 Å². The highest BCUT2D eigenvalue weighted by molar-refractivity contribution is 6.30. The van der Waals surface area contributed by atoms with Crippen LogP contribution in [0.2, 0.25) is 5.15 Å². The van der Waals surface area contributed by atoms with Crippen LogP contribution in [0.1, 0.15) is 30.2 Å². The Morgan fingerprint density at radius 1 is 1.38 bits per heavy atom. The van der Waals surface area contributed by atoms with Gasteiger partial charge in [0.15, 0.2) is 0 Å². The van der Waals surface area contributed by atoms with Crippen LogP contribution in [0.3, 0.4) is 0 Å². The van der Waals surface area contributed by atoms with Gasteiger partial charge in [-0.15, -0.1) is 0 Å². The quantitative estimate of drug-likeness (QED) is 0.891. The molecule has 2 N–H and O–H groups in total. The molecule has 2 aromatic rings. The smallest absolute Gasteiger partial charge is 0.133 e. The zero-order valence-electron chi connectivity index (χ0n) is 12.8. The number of nitrogens with two attached hydrogens (primary N) is 1. The first-order valence-electron chi connectivity index (χ1n) is 7.17. The largest absolute Gasteiger partial charge is 0.488 e. The van der Waals surface area contributed by atoms with Crippen molar-refractivity contribution in [3.63, 3.8) is 0 Å². The monoisotopic (exact) mass is 307 g/mol. The summed E-state index contributed by atoms with van der Waals surface area (Å²) in [5.41, 5.74) is 8.99. The van der Waals surface area contributed by atoms with Crippen molar-refractivity contribution < 1.29 is 4.74 Å². The molecule has 114 valence electrons. The van der Waals surface area contributed by atoms with E-state index in [2.05, 4.69) is 18.1 Å². The van der Waals surface area contributed by atoms with Crippen LogP contribution >= 0.6 is 11.6 Å². The van der Waals surface area contributed by atoms with Gasteiger partial charge in [-0.1, -0.05) is 36.7 Å². The van der Waals surface area contributed by atoms with Crippen LogP contribution in [0.15, 0.2) is 24.3 Å². The minimum Gasteiger partial charge on any atom is -0.488 e. The van der Waals surface area contributed by atoms with E-state index in [0.717, 1.165) is 35.4 Å². The van der Waals surface area contributed by atoms with E-state index in [1.165, 1.54) is 0 Å². The molecule has 0 radical (unpaired) electrons. The van der Waals surface area contributed by atoms with Crippen LogP contribution in [0.5, 0.6) is 5.75 Å². The van der Waals surface area contributed by atoms with Crippen molar-refractivity contribution in [2.75, 3.05) is 0 Å². The number of para-hydroxylation sites is 1. The van der Waals surface area contributed by atoms with Crippen molar-refractivity contribution in [2.45, 2.75) is 39.3 Å². The van der Waals surface area contributed by atoms with E-state index in [4.69, 9.17) is 22.1 Å². The third-order valence-electron chi connectivity index (χ3n) is 3.62. The summed E-state index contributed by atoms with van der Waals surface area (Å²) in [6, 6.07) is 8.15. The zero-order chi connectivity index (χ0) is 15.4. The van der Waals surface area contributed by atoms with E-state index in [9.17, 15) is 0 Å². The molecule has 0 saturated heterocycles. The fourth-order valence-electron chi connectivity index (χ4n) is 2.23. The summed E-state index contributed by atoms with van der Waals surface area (Å²) in [6.45, 7) is 4.44. The molecule has 4 nitrogen and oxygen atoms in total. The Kier molecular flexibility index (Phi) is 5.26. The molecule has 1 aromatic carbocycles. The van der Waals surface area contributed by atoms with Crippen molar-refractivity contribution in [2.24, 2.45) is 12.8 Å². The molecular weight excluding hydrogens is 286 g/mol. The van der Waals surface area contributed by atoms with E-state index < -0.39 is 0 Å². The number of hydrogen-bond acceptors (Lipinski definition) is 3. The van der Waals surface area contributed by atoms with E-state index in [1.54, 1.807) is 4.68 Å². The van der Waals surface area contributed by atoms with Gasteiger partial charge < -0.3 is 10.5 Å². The molecule has 1 atom stereocenters. The Morgan fingerprint density at radius 3 is 2.71 bits per heavy atom. The van der Waals surface area contributed by atoms with Crippen LogP contribution in [-0.4, -0.2) is 15.8 Å². The molecule has 1 heterocycles. The molecule has 21 heavy (non-hydrogen) atoms. The van der Waals surface area contributed by atoms with Crippen LogP contribution in [0, 0.1) is 6.92 Å². The molecule has 0 saturated carbocycles. The molecule has 1 unspecified atom stereocenters. The number of aromatic nitrogens is 2. The van der Waals surface area contributed by atoms with Gasteiger partial charge >= 0.3 is 0 Å². The fraction of sp³-hybridized carbons (Fsp3) is 0.438. The lowest BCUT2D eigenvalue weighted by molar-refractivity contribution is 0.301. The van der Waals surface area contributed by atoms with Gasteiger partial charge in [0.25, 0.3) is 0 Å². The average molecular weight is 308 g/mol. The van der Waals surface area contributed by atoms with Crippen molar-refractivity contribution in [3.8, 4) is 5.75 Å². The Bertz CT molecular complexity index is 610. The molecule has 2 rings (SSSR count). The van der Waals surface area contributed by atoms with Gasteiger partial charge in [-0.25, -0.2) is 0 Å². The van der Waals surface area contributed by atoms with Crippen molar-refractivity contribution in [1.29, 1.82) is 0 Å². The molecular formula is C16H22ClN3O. The van der Waals surface area contributed by atoms with E-state index in [0.29, 0.717) is 11.8 Å². The van der Waals surface area contributed by atoms with E-state index >= 15 is 0 Å². The van der Waals surface area contributed by atoms with E-state index in [-0.39, 0.29) is 6.04 Å². The first-order chi connectivity index (χ1) is 10.0. The second-order valence-corrected chi connectivity index (χ2v) is 5.61. The zero-order valence-corrected chi connectivity index (χ0v) is 13.5. The number of hydrogen-bond donors (Lipinski definition) is 1. The maximum Gasteiger partial charge on any atom is 0.133 e. The highest BCUT2D eigenvalue weighted by atomic mass is 35.5. The number of rotatable bonds is 6. The van der Waals surface area contributed by atoms with Crippen molar-refractivity contribution in [1.82, 2.24) is 9.78 Å². The van der Waals surface area contributed by atoms with Gasteiger partial charge in [-0.05, 0) is 31.4 Å². The normalized spacial score (nSPS) is 12.4. The Labute approximate surface area is 130 Å². The van der Waals surface area contributed by atoms with Gasteiger partial charge in [0.05, 0.1) is 5.69 Å². The summed E-state index contributed by atoms with van der Waals surface area (Å²) in [5, 5.41) is 4.91. The third-order valence-corrected chi connectivity index (χ3v) is 4.09. The standard InChI is InChI=1S/C16H22ClN3O/c1-4-13(18)9-12-7-5-6-8-15(12)21-10-14-11(2)19-20(3)16(14)17/h5-8,13H,4,9-10,18H2,1-3H3. The highest BCUT2D eigenvalue weighted by Gasteiger charge is 2.13. The predicted octanol–water partition coefficient (Wildman–Crippen LogP) is 3.24. The second kappa shape index (κ2) is 6.96. The lowest BCUT2D eigenvalue weighted by Gasteiger charge is -2.14. The third kappa shape index (κ3) is 3.77. The number of ether oxygens (including phenoxy) is 1. The molecule has 0 amide bonds. The molecule has 0 bridgehead atoms. The summed E-state index contributed by atoms with van der Waals surface area (Å²) >= 11 is 6.23. The maximum atomic E-state index is 6.23. The van der Waals surface area contributed by atoms with Crippen LogP contribution in [0.4, 0.5) is 0 Å². The van der Waals surface area contributed by atoms with Gasteiger partial charge in [0, 0.05) is 18.7 Å². The van der Waals surface area contributed by atoms with Crippen molar-refractivity contribution in [3.05, 3.63) is 46.2 Å². The number of aryl methyl sites for hydroxylation is 2. The van der Waals surface area contributed by atoms with Crippen LogP contribution in [0.25, 0.3) is 0 Å². The summed E-state index contributed by atoms with van der Waals surface area (Å²) in [4.78, 5) is 0. The van der Waals surface area contributed by atoms with Crippen molar-refractivity contribution >= 4 is 11.6 Å². The molecule has 0 aliphatic carbocycles. The number of benzene rings is 1. The minimum atomic E-state index is 0.151. The van der Waals surface area contributed by atoms with Crippen LogP contribution < -0.4 is 10.5 Å². The minimum absolute atomic E-state index is 0.151. The molecule has 0 aliphatic rings. The van der Waals surface area contributed by atoms with Gasteiger partial charge in [-0.3, -0.25) is 4.68 Å². The number of halogens is 1. The Balaban J connectivity index is 2.13.